The van der Waals surface area contributed by atoms with Gasteiger partial charge in [0.05, 0.1) is 18.1 Å². The monoisotopic (exact) mass is 262 g/mol. The summed E-state index contributed by atoms with van der Waals surface area (Å²) in [6.45, 7) is 3.39. The zero-order valence-electron chi connectivity index (χ0n) is 11.1. The van der Waals surface area contributed by atoms with Crippen LogP contribution in [0.2, 0.25) is 0 Å². The van der Waals surface area contributed by atoms with E-state index in [1.165, 1.54) is 13.8 Å². The Kier molecular flexibility index (Phi) is 3.83. The van der Waals surface area contributed by atoms with Crippen molar-refractivity contribution >= 4 is 11.6 Å². The number of ether oxygens (including phenoxy) is 1. The van der Waals surface area contributed by atoms with E-state index in [1.807, 2.05) is 6.07 Å². The smallest absolute Gasteiger partial charge is 0.171 e. The van der Waals surface area contributed by atoms with Crippen LogP contribution in [-0.4, -0.2) is 35.0 Å². The highest BCUT2D eigenvalue weighted by Gasteiger charge is 2.45. The van der Waals surface area contributed by atoms with Gasteiger partial charge in [0.1, 0.15) is 6.10 Å². The second kappa shape index (κ2) is 5.23. The molecule has 2 unspecified atom stereocenters. The minimum Gasteiger partial charge on any atom is -0.390 e. The summed E-state index contributed by atoms with van der Waals surface area (Å²) < 4.78 is 5.37. The Balaban J connectivity index is 2.34. The summed E-state index contributed by atoms with van der Waals surface area (Å²) >= 11 is 0. The molecule has 2 rings (SSSR count). The summed E-state index contributed by atoms with van der Waals surface area (Å²) in [5.41, 5.74) is -0.824. The topological polar surface area (TPSA) is 63.6 Å². The molecule has 2 atom stereocenters. The third-order valence-corrected chi connectivity index (χ3v) is 3.37. The molecular weight excluding hydrogens is 244 g/mol. The first-order valence-electron chi connectivity index (χ1n) is 6.37. The van der Waals surface area contributed by atoms with Crippen molar-refractivity contribution in [3.8, 4) is 0 Å². The molecule has 1 saturated heterocycles. The molecule has 4 nitrogen and oxygen atoms in total. The quantitative estimate of drug-likeness (QED) is 0.837. The number of carbonyl (C=O) groups is 2. The van der Waals surface area contributed by atoms with E-state index in [0.717, 1.165) is 0 Å². The van der Waals surface area contributed by atoms with Crippen molar-refractivity contribution < 1.29 is 19.4 Å². The van der Waals surface area contributed by atoms with Crippen LogP contribution in [0.5, 0.6) is 0 Å². The molecule has 102 valence electrons. The zero-order valence-corrected chi connectivity index (χ0v) is 11.1. The Morgan fingerprint density at radius 1 is 1.37 bits per heavy atom. The molecule has 0 spiro atoms. The predicted molar refractivity (Wildman–Crippen MR) is 69.9 cm³/mol. The van der Waals surface area contributed by atoms with Crippen molar-refractivity contribution in [1.29, 1.82) is 0 Å². The summed E-state index contributed by atoms with van der Waals surface area (Å²) in [5.74, 6) is -1.24. The summed E-state index contributed by atoms with van der Waals surface area (Å²) in [5, 5.41) is 10.2. The normalized spacial score (nSPS) is 21.4. The average Bonchev–Trinajstić information content (AvgIpc) is 2.75. The third kappa shape index (κ3) is 2.91. The second-order valence-corrected chi connectivity index (χ2v) is 5.37. The molecule has 1 aliphatic heterocycles. The van der Waals surface area contributed by atoms with Gasteiger partial charge < -0.3 is 9.84 Å². The summed E-state index contributed by atoms with van der Waals surface area (Å²) in [6, 6.07) is 8.69. The van der Waals surface area contributed by atoms with Gasteiger partial charge in [0, 0.05) is 12.0 Å². The Morgan fingerprint density at radius 2 is 2.00 bits per heavy atom. The van der Waals surface area contributed by atoms with E-state index >= 15 is 0 Å². The fourth-order valence-electron chi connectivity index (χ4n) is 2.41. The van der Waals surface area contributed by atoms with Gasteiger partial charge in [-0.25, -0.2) is 0 Å². The first kappa shape index (κ1) is 13.9. The van der Waals surface area contributed by atoms with Gasteiger partial charge >= 0.3 is 0 Å². The molecule has 0 aliphatic carbocycles. The van der Waals surface area contributed by atoms with E-state index in [1.54, 1.807) is 24.3 Å². The van der Waals surface area contributed by atoms with Crippen LogP contribution >= 0.6 is 0 Å². The van der Waals surface area contributed by atoms with Gasteiger partial charge in [0.25, 0.3) is 0 Å². The van der Waals surface area contributed by atoms with Gasteiger partial charge in [-0.1, -0.05) is 30.3 Å². The van der Waals surface area contributed by atoms with Gasteiger partial charge in [-0.05, 0) is 13.8 Å². The highest BCUT2D eigenvalue weighted by atomic mass is 16.5. The van der Waals surface area contributed by atoms with Crippen molar-refractivity contribution in [2.75, 3.05) is 6.61 Å². The van der Waals surface area contributed by atoms with Crippen LogP contribution in [0.4, 0.5) is 0 Å². The number of ketones is 2. The third-order valence-electron chi connectivity index (χ3n) is 3.37. The van der Waals surface area contributed by atoms with Crippen molar-refractivity contribution in [3.63, 3.8) is 0 Å². The van der Waals surface area contributed by atoms with Gasteiger partial charge in [0.2, 0.25) is 0 Å². The maximum Gasteiger partial charge on any atom is 0.171 e. The summed E-state index contributed by atoms with van der Waals surface area (Å²) in [7, 11) is 0. The molecule has 1 heterocycles. The Labute approximate surface area is 112 Å². The number of carbonyl (C=O) groups excluding carboxylic acids is 2. The van der Waals surface area contributed by atoms with Crippen molar-refractivity contribution in [3.05, 3.63) is 35.9 Å². The fraction of sp³-hybridized carbons (Fsp3) is 0.467. The van der Waals surface area contributed by atoms with E-state index < -0.39 is 17.6 Å². The highest BCUT2D eigenvalue weighted by molar-refractivity contribution is 6.02. The molecule has 0 aromatic heterocycles. The molecule has 0 bridgehead atoms. The summed E-state index contributed by atoms with van der Waals surface area (Å²) in [6.07, 6.45) is -0.535. The lowest BCUT2D eigenvalue weighted by Crippen LogP contribution is -2.47. The molecule has 1 fully saturated rings. The molecule has 1 aliphatic rings. The Bertz CT molecular complexity index is 473. The van der Waals surface area contributed by atoms with Crippen molar-refractivity contribution in [1.82, 2.24) is 0 Å². The number of rotatable bonds is 4. The largest absolute Gasteiger partial charge is 0.390 e. The highest BCUT2D eigenvalue weighted by Crippen LogP contribution is 2.30. The fourth-order valence-corrected chi connectivity index (χ4v) is 2.41. The molecule has 4 heteroatoms. The maximum atomic E-state index is 12.5. The van der Waals surface area contributed by atoms with E-state index in [-0.39, 0.29) is 11.6 Å². The Morgan fingerprint density at radius 3 is 2.47 bits per heavy atom. The minimum absolute atomic E-state index is 0.114. The SMILES string of the molecule is CC(C)(O)C(C(=O)c1ccccc1)C1OCCC1=O. The zero-order chi connectivity index (χ0) is 14.0. The Hall–Kier alpha value is -1.52. The van der Waals surface area contributed by atoms with E-state index in [0.29, 0.717) is 18.6 Å². The summed E-state index contributed by atoms with van der Waals surface area (Å²) in [4.78, 5) is 24.3. The molecule has 0 radical (unpaired) electrons. The number of hydrogen-bond donors (Lipinski definition) is 1. The van der Waals surface area contributed by atoms with Crippen LogP contribution < -0.4 is 0 Å². The molecule has 1 aromatic carbocycles. The molecule has 0 amide bonds. The van der Waals surface area contributed by atoms with Gasteiger partial charge in [0.15, 0.2) is 11.6 Å². The van der Waals surface area contributed by atoms with Gasteiger partial charge in [-0.3, -0.25) is 9.59 Å². The second-order valence-electron chi connectivity index (χ2n) is 5.37. The molecule has 19 heavy (non-hydrogen) atoms. The van der Waals surface area contributed by atoms with Crippen LogP contribution in [0, 0.1) is 5.92 Å². The van der Waals surface area contributed by atoms with Crippen LogP contribution in [0.25, 0.3) is 0 Å². The molecule has 0 saturated carbocycles. The standard InChI is InChI=1S/C15H18O4/c1-15(2,18)12(14-11(16)8-9-19-14)13(17)10-6-4-3-5-7-10/h3-7,12,14,18H,8-9H2,1-2H3. The lowest BCUT2D eigenvalue weighted by Gasteiger charge is -2.31. The van der Waals surface area contributed by atoms with Crippen LogP contribution in [0.3, 0.4) is 0 Å². The van der Waals surface area contributed by atoms with E-state index in [4.69, 9.17) is 4.74 Å². The van der Waals surface area contributed by atoms with Crippen molar-refractivity contribution in [2.24, 2.45) is 5.92 Å². The van der Waals surface area contributed by atoms with Gasteiger partial charge in [-0.2, -0.15) is 0 Å². The number of aliphatic hydroxyl groups is 1. The number of hydrogen-bond acceptors (Lipinski definition) is 4. The molecule has 1 aromatic rings. The number of Topliss-reactive ketones (excluding diaryl/α,β-unsaturated/α-hetero) is 2. The average molecular weight is 262 g/mol. The van der Waals surface area contributed by atoms with Crippen LogP contribution in [0.15, 0.2) is 30.3 Å². The first-order valence-corrected chi connectivity index (χ1v) is 6.37. The lowest BCUT2D eigenvalue weighted by atomic mass is 9.79. The molecule has 1 N–H and O–H groups in total. The lowest BCUT2D eigenvalue weighted by molar-refractivity contribution is -0.128. The minimum atomic E-state index is -1.31. The van der Waals surface area contributed by atoms with Crippen molar-refractivity contribution in [2.45, 2.75) is 32.0 Å². The van der Waals surface area contributed by atoms with Crippen LogP contribution in [-0.2, 0) is 9.53 Å². The van der Waals surface area contributed by atoms with Crippen LogP contribution in [0.1, 0.15) is 30.6 Å². The maximum absolute atomic E-state index is 12.5. The predicted octanol–water partition coefficient (Wildman–Crippen LogP) is 1.61. The van der Waals surface area contributed by atoms with E-state index in [2.05, 4.69) is 0 Å². The van der Waals surface area contributed by atoms with Gasteiger partial charge in [-0.15, -0.1) is 0 Å². The molecular formula is C15H18O4. The van der Waals surface area contributed by atoms with E-state index in [9.17, 15) is 14.7 Å². The first-order chi connectivity index (χ1) is 8.91. The number of benzene rings is 1.